The molecule has 0 heterocycles. The van der Waals surface area contributed by atoms with Crippen molar-refractivity contribution in [2.24, 2.45) is 0 Å². The number of thioether (sulfide) groups is 1. The number of benzene rings is 1. The Labute approximate surface area is 122 Å². The third kappa shape index (κ3) is 3.53. The monoisotopic (exact) mass is 315 g/mol. The molecule has 1 fully saturated rings. The molecule has 1 saturated carbocycles. The highest BCUT2D eigenvalue weighted by Gasteiger charge is 2.33. The average molecular weight is 315 g/mol. The molecule has 1 aliphatic carbocycles. The summed E-state index contributed by atoms with van der Waals surface area (Å²) < 4.78 is 26.1. The molecule has 1 aromatic carbocycles. The van der Waals surface area contributed by atoms with Gasteiger partial charge in [0.25, 0.3) is 0 Å². The van der Waals surface area contributed by atoms with Crippen LogP contribution in [0.2, 0.25) is 0 Å². The predicted octanol–water partition coefficient (Wildman–Crippen LogP) is 2.08. The van der Waals surface area contributed by atoms with Crippen LogP contribution in [0.15, 0.2) is 34.1 Å². The molecule has 20 heavy (non-hydrogen) atoms. The summed E-state index contributed by atoms with van der Waals surface area (Å²) in [6.45, 7) is 3.11. The number of sulfonamides is 1. The van der Waals surface area contributed by atoms with Gasteiger partial charge in [0.15, 0.2) is 0 Å². The van der Waals surface area contributed by atoms with Gasteiger partial charge in [0.05, 0.1) is 4.90 Å². The normalized spacial score (nSPS) is 16.1. The molecule has 0 aliphatic heterocycles. The van der Waals surface area contributed by atoms with Gasteiger partial charge in [-0.15, -0.1) is 11.8 Å². The quantitative estimate of drug-likeness (QED) is 0.785. The van der Waals surface area contributed by atoms with E-state index in [4.69, 9.17) is 5.11 Å². The first kappa shape index (κ1) is 15.3. The summed E-state index contributed by atoms with van der Waals surface area (Å²) in [5, 5.41) is 9.17. The standard InChI is InChI=1S/C13H17NO4S2/c1-13(2,12(15)16)19-10-5-3-4-6-11(10)20(17,18)14-9-7-8-9/h3-6,9,14H,7-8H2,1-2H3,(H,15,16). The van der Waals surface area contributed by atoms with Crippen LogP contribution in [-0.4, -0.2) is 30.3 Å². The van der Waals surface area contributed by atoms with Crippen LogP contribution in [0, 0.1) is 0 Å². The lowest BCUT2D eigenvalue weighted by molar-refractivity contribution is -0.138. The summed E-state index contributed by atoms with van der Waals surface area (Å²) in [5.74, 6) is -0.982. The lowest BCUT2D eigenvalue weighted by atomic mass is 10.2. The van der Waals surface area contributed by atoms with Crippen molar-refractivity contribution in [3.63, 3.8) is 0 Å². The Balaban J connectivity index is 2.33. The van der Waals surface area contributed by atoms with E-state index in [0.717, 1.165) is 24.6 Å². The first-order valence-corrected chi connectivity index (χ1v) is 8.56. The second-order valence-corrected chi connectivity index (χ2v) is 8.61. The molecule has 110 valence electrons. The number of hydrogen-bond acceptors (Lipinski definition) is 4. The van der Waals surface area contributed by atoms with Gasteiger partial charge in [-0.1, -0.05) is 12.1 Å². The summed E-state index contributed by atoms with van der Waals surface area (Å²) >= 11 is 1.04. The van der Waals surface area contributed by atoms with Gasteiger partial charge in [-0.3, -0.25) is 4.79 Å². The molecular formula is C13H17NO4S2. The van der Waals surface area contributed by atoms with E-state index < -0.39 is 20.7 Å². The zero-order chi connectivity index (χ0) is 15.0. The van der Waals surface area contributed by atoms with Crippen molar-refractivity contribution in [2.45, 2.75) is 47.3 Å². The van der Waals surface area contributed by atoms with E-state index in [-0.39, 0.29) is 10.9 Å². The van der Waals surface area contributed by atoms with E-state index in [1.54, 1.807) is 32.0 Å². The molecule has 0 atom stereocenters. The summed E-state index contributed by atoms with van der Waals surface area (Å²) in [4.78, 5) is 11.8. The highest BCUT2D eigenvalue weighted by atomic mass is 32.2. The van der Waals surface area contributed by atoms with Crippen molar-refractivity contribution in [1.82, 2.24) is 4.72 Å². The molecular weight excluding hydrogens is 298 g/mol. The number of carboxylic acids is 1. The lowest BCUT2D eigenvalue weighted by Crippen LogP contribution is -2.29. The van der Waals surface area contributed by atoms with E-state index >= 15 is 0 Å². The molecule has 0 saturated heterocycles. The fourth-order valence-corrected chi connectivity index (χ4v) is 4.36. The highest BCUT2D eigenvalue weighted by molar-refractivity contribution is 8.02. The van der Waals surface area contributed by atoms with Gasteiger partial charge < -0.3 is 5.11 Å². The second kappa shape index (κ2) is 5.38. The van der Waals surface area contributed by atoms with E-state index in [0.29, 0.717) is 4.90 Å². The van der Waals surface area contributed by atoms with Crippen LogP contribution >= 0.6 is 11.8 Å². The molecule has 7 heteroatoms. The first-order valence-electron chi connectivity index (χ1n) is 6.26. The molecule has 0 aromatic heterocycles. The highest BCUT2D eigenvalue weighted by Crippen LogP contribution is 2.37. The fraction of sp³-hybridized carbons (Fsp3) is 0.462. The van der Waals surface area contributed by atoms with Crippen LogP contribution in [0.1, 0.15) is 26.7 Å². The van der Waals surface area contributed by atoms with Crippen molar-refractivity contribution in [3.05, 3.63) is 24.3 Å². The van der Waals surface area contributed by atoms with E-state index in [1.807, 2.05) is 0 Å². The van der Waals surface area contributed by atoms with E-state index in [2.05, 4.69) is 4.72 Å². The molecule has 0 unspecified atom stereocenters. The van der Waals surface area contributed by atoms with E-state index in [9.17, 15) is 13.2 Å². The van der Waals surface area contributed by atoms with Gasteiger partial charge in [-0.25, -0.2) is 13.1 Å². The minimum absolute atomic E-state index is 0.0190. The third-order valence-corrected chi connectivity index (χ3v) is 5.89. The maximum atomic E-state index is 12.3. The maximum Gasteiger partial charge on any atom is 0.319 e. The number of aliphatic carboxylic acids is 1. The Kier molecular flexibility index (Phi) is 4.13. The average Bonchev–Trinajstić information content (AvgIpc) is 3.12. The number of nitrogens with one attached hydrogen (secondary N) is 1. The van der Waals surface area contributed by atoms with Gasteiger partial charge in [0.1, 0.15) is 4.75 Å². The van der Waals surface area contributed by atoms with Gasteiger partial charge in [-0.2, -0.15) is 0 Å². The molecule has 0 radical (unpaired) electrons. The summed E-state index contributed by atoms with van der Waals surface area (Å²) in [6, 6.07) is 6.50. The summed E-state index contributed by atoms with van der Waals surface area (Å²) in [5.41, 5.74) is 0. The van der Waals surface area contributed by atoms with Crippen LogP contribution in [0.3, 0.4) is 0 Å². The van der Waals surface area contributed by atoms with Gasteiger partial charge in [-0.05, 0) is 38.8 Å². The zero-order valence-electron chi connectivity index (χ0n) is 11.3. The number of rotatable bonds is 6. The Morgan fingerprint density at radius 2 is 1.95 bits per heavy atom. The Morgan fingerprint density at radius 1 is 1.35 bits per heavy atom. The van der Waals surface area contributed by atoms with Crippen molar-refractivity contribution in [2.75, 3.05) is 0 Å². The zero-order valence-corrected chi connectivity index (χ0v) is 12.9. The van der Waals surface area contributed by atoms with Gasteiger partial charge in [0, 0.05) is 10.9 Å². The van der Waals surface area contributed by atoms with Crippen molar-refractivity contribution in [1.29, 1.82) is 0 Å². The van der Waals surface area contributed by atoms with Crippen molar-refractivity contribution < 1.29 is 18.3 Å². The Bertz CT molecular complexity index is 621. The number of hydrogen-bond donors (Lipinski definition) is 2. The van der Waals surface area contributed by atoms with Gasteiger partial charge in [0.2, 0.25) is 10.0 Å². The van der Waals surface area contributed by atoms with Crippen molar-refractivity contribution >= 4 is 27.8 Å². The minimum Gasteiger partial charge on any atom is -0.480 e. The van der Waals surface area contributed by atoms with Crippen molar-refractivity contribution in [3.8, 4) is 0 Å². The largest absolute Gasteiger partial charge is 0.480 e. The van der Waals surface area contributed by atoms with Crippen LogP contribution in [0.5, 0.6) is 0 Å². The Morgan fingerprint density at radius 3 is 2.50 bits per heavy atom. The fourth-order valence-electron chi connectivity index (χ4n) is 1.56. The molecule has 1 aromatic rings. The SMILES string of the molecule is CC(C)(Sc1ccccc1S(=O)(=O)NC1CC1)C(=O)O. The molecule has 2 N–H and O–H groups in total. The van der Waals surface area contributed by atoms with Gasteiger partial charge >= 0.3 is 5.97 Å². The minimum atomic E-state index is -3.59. The lowest BCUT2D eigenvalue weighted by Gasteiger charge is -2.20. The van der Waals surface area contributed by atoms with Crippen LogP contribution in [0.4, 0.5) is 0 Å². The molecule has 0 spiro atoms. The predicted molar refractivity (Wildman–Crippen MR) is 77.4 cm³/mol. The number of carbonyl (C=O) groups is 1. The topological polar surface area (TPSA) is 83.5 Å². The maximum absolute atomic E-state index is 12.3. The molecule has 5 nitrogen and oxygen atoms in total. The van der Waals surface area contributed by atoms with Crippen LogP contribution in [-0.2, 0) is 14.8 Å². The molecule has 1 aliphatic rings. The molecule has 0 amide bonds. The van der Waals surface area contributed by atoms with Crippen LogP contribution in [0.25, 0.3) is 0 Å². The summed E-state index contributed by atoms with van der Waals surface area (Å²) in [6.07, 6.45) is 1.71. The smallest absolute Gasteiger partial charge is 0.319 e. The van der Waals surface area contributed by atoms with E-state index in [1.165, 1.54) is 6.07 Å². The summed E-state index contributed by atoms with van der Waals surface area (Å²) in [7, 11) is -3.59. The number of carboxylic acid groups (broad SMARTS) is 1. The third-order valence-electron chi connectivity index (χ3n) is 2.92. The second-order valence-electron chi connectivity index (χ2n) is 5.26. The first-order chi connectivity index (χ1) is 9.22. The van der Waals surface area contributed by atoms with Crippen LogP contribution < -0.4 is 4.72 Å². The Hall–Kier alpha value is -1.05. The molecule has 2 rings (SSSR count). The molecule has 0 bridgehead atoms.